The molecule has 0 aliphatic heterocycles. The molecule has 0 aromatic carbocycles. The summed E-state index contributed by atoms with van der Waals surface area (Å²) in [5, 5.41) is 0. The molecule has 0 amide bonds. The van der Waals surface area contributed by atoms with Gasteiger partial charge in [0.2, 0.25) is 0 Å². The molecule has 0 fully saturated rings. The number of hydrogen-bond acceptors (Lipinski definition) is 2. The fourth-order valence-corrected chi connectivity index (χ4v) is 0.886. The first kappa shape index (κ1) is 7.31. The van der Waals surface area contributed by atoms with E-state index in [9.17, 15) is 0 Å². The zero-order valence-corrected chi connectivity index (χ0v) is 6.08. The second-order valence-corrected chi connectivity index (χ2v) is 2.31. The average molecular weight is 140 g/mol. The Balaban J connectivity index is 2.42. The quantitative estimate of drug-likeness (QED) is 0.619. The summed E-state index contributed by atoms with van der Waals surface area (Å²) in [5.41, 5.74) is 1.26. The van der Waals surface area contributed by atoms with Crippen LogP contribution in [0.15, 0.2) is 18.5 Å². The fraction of sp³-hybridized carbons (Fsp3) is 0.429. The van der Waals surface area contributed by atoms with Gasteiger partial charge in [0.25, 0.3) is 0 Å². The molecule has 56 valence electrons. The van der Waals surface area contributed by atoms with Gasteiger partial charge in [-0.1, -0.05) is 0 Å². The van der Waals surface area contributed by atoms with Crippen LogP contribution in [0.1, 0.15) is 5.56 Å². The number of nitrogens with two attached hydrogens (primary N) is 1. The normalized spacial score (nSPS) is 10.2. The molecule has 2 N–H and O–H groups in total. The van der Waals surface area contributed by atoms with Gasteiger partial charge in [-0.15, -0.1) is 0 Å². The second-order valence-electron chi connectivity index (χ2n) is 2.31. The summed E-state index contributed by atoms with van der Waals surface area (Å²) in [6, 6.07) is 2.05. The third kappa shape index (κ3) is 1.86. The Morgan fingerprint density at radius 3 is 3.00 bits per heavy atom. The van der Waals surface area contributed by atoms with Gasteiger partial charge in [0, 0.05) is 19.4 Å². The SMILES string of the molecule is Cn1ccc(CCON)c1. The van der Waals surface area contributed by atoms with Crippen LogP contribution in [-0.2, 0) is 18.3 Å². The maximum atomic E-state index is 4.88. The lowest BCUT2D eigenvalue weighted by molar-refractivity contribution is 0.141. The van der Waals surface area contributed by atoms with Crippen molar-refractivity contribution in [1.29, 1.82) is 0 Å². The van der Waals surface area contributed by atoms with Crippen molar-refractivity contribution in [1.82, 2.24) is 4.57 Å². The van der Waals surface area contributed by atoms with Crippen LogP contribution in [-0.4, -0.2) is 11.2 Å². The lowest BCUT2D eigenvalue weighted by Gasteiger charge is -1.93. The molecular formula is C7H12N2O. The summed E-state index contributed by atoms with van der Waals surface area (Å²) in [6.45, 7) is 0.587. The highest BCUT2D eigenvalue weighted by atomic mass is 16.6. The van der Waals surface area contributed by atoms with Gasteiger partial charge in [-0.3, -0.25) is 0 Å². The van der Waals surface area contributed by atoms with E-state index in [1.807, 2.05) is 17.8 Å². The lowest BCUT2D eigenvalue weighted by atomic mass is 10.3. The highest BCUT2D eigenvalue weighted by Crippen LogP contribution is 1.99. The minimum Gasteiger partial charge on any atom is -0.357 e. The summed E-state index contributed by atoms with van der Waals surface area (Å²) in [4.78, 5) is 4.45. The maximum absolute atomic E-state index is 4.88. The van der Waals surface area contributed by atoms with Crippen LogP contribution in [0.25, 0.3) is 0 Å². The van der Waals surface area contributed by atoms with Crippen molar-refractivity contribution in [2.75, 3.05) is 6.61 Å². The molecule has 0 radical (unpaired) electrons. The van der Waals surface area contributed by atoms with Gasteiger partial charge in [-0.05, 0) is 18.1 Å². The van der Waals surface area contributed by atoms with E-state index >= 15 is 0 Å². The van der Waals surface area contributed by atoms with Crippen LogP contribution < -0.4 is 5.90 Å². The minimum absolute atomic E-state index is 0.587. The summed E-state index contributed by atoms with van der Waals surface area (Å²) >= 11 is 0. The van der Waals surface area contributed by atoms with E-state index in [4.69, 9.17) is 5.90 Å². The minimum atomic E-state index is 0.587. The lowest BCUT2D eigenvalue weighted by Crippen LogP contribution is -2.02. The van der Waals surface area contributed by atoms with Gasteiger partial charge in [0.1, 0.15) is 0 Å². The standard InChI is InChI=1S/C7H12N2O/c1-9-4-2-7(6-9)3-5-10-8/h2,4,6H,3,5,8H2,1H3. The van der Waals surface area contributed by atoms with E-state index < -0.39 is 0 Å². The molecule has 0 spiro atoms. The number of aryl methyl sites for hydroxylation is 1. The Bertz CT molecular complexity index is 195. The first-order valence-electron chi connectivity index (χ1n) is 3.25. The van der Waals surface area contributed by atoms with E-state index in [1.165, 1.54) is 5.56 Å². The molecule has 1 heterocycles. The third-order valence-electron chi connectivity index (χ3n) is 1.40. The van der Waals surface area contributed by atoms with E-state index in [2.05, 4.69) is 17.1 Å². The van der Waals surface area contributed by atoms with Crippen LogP contribution in [0.5, 0.6) is 0 Å². The number of hydrogen-bond donors (Lipinski definition) is 1. The molecule has 1 aromatic heterocycles. The second kappa shape index (κ2) is 3.39. The Kier molecular flexibility index (Phi) is 2.48. The van der Waals surface area contributed by atoms with Crippen molar-refractivity contribution in [2.24, 2.45) is 12.9 Å². The third-order valence-corrected chi connectivity index (χ3v) is 1.40. The summed E-state index contributed by atoms with van der Waals surface area (Å²) in [7, 11) is 1.99. The van der Waals surface area contributed by atoms with E-state index in [0.29, 0.717) is 6.61 Å². The topological polar surface area (TPSA) is 40.2 Å². The maximum Gasteiger partial charge on any atom is 0.0720 e. The molecule has 1 rings (SSSR count). The zero-order chi connectivity index (χ0) is 7.40. The molecule has 0 bridgehead atoms. The van der Waals surface area contributed by atoms with Gasteiger partial charge in [0.05, 0.1) is 6.61 Å². The predicted molar refractivity (Wildman–Crippen MR) is 39.3 cm³/mol. The molecular weight excluding hydrogens is 128 g/mol. The molecule has 0 saturated heterocycles. The molecule has 0 atom stereocenters. The van der Waals surface area contributed by atoms with Crippen molar-refractivity contribution in [2.45, 2.75) is 6.42 Å². The summed E-state index contributed by atoms with van der Waals surface area (Å²) in [6.07, 6.45) is 4.95. The smallest absolute Gasteiger partial charge is 0.0720 e. The van der Waals surface area contributed by atoms with E-state index in [-0.39, 0.29) is 0 Å². The molecule has 3 nitrogen and oxygen atoms in total. The van der Waals surface area contributed by atoms with Crippen molar-refractivity contribution in [3.05, 3.63) is 24.0 Å². The molecule has 1 aromatic rings. The van der Waals surface area contributed by atoms with Crippen molar-refractivity contribution in [3.8, 4) is 0 Å². The average Bonchev–Trinajstić information content (AvgIpc) is 2.31. The monoisotopic (exact) mass is 140 g/mol. The Hall–Kier alpha value is -0.800. The molecule has 0 aliphatic carbocycles. The van der Waals surface area contributed by atoms with Gasteiger partial charge < -0.3 is 9.40 Å². The first-order chi connectivity index (χ1) is 4.83. The number of nitrogens with zero attached hydrogens (tertiary/aromatic N) is 1. The predicted octanol–water partition coefficient (Wildman–Crippen LogP) is 0.458. The van der Waals surface area contributed by atoms with Crippen LogP contribution in [0.4, 0.5) is 0 Å². The van der Waals surface area contributed by atoms with Crippen LogP contribution in [0, 0.1) is 0 Å². The van der Waals surface area contributed by atoms with Gasteiger partial charge in [-0.25, -0.2) is 5.90 Å². The largest absolute Gasteiger partial charge is 0.357 e. The van der Waals surface area contributed by atoms with Gasteiger partial charge in [0.15, 0.2) is 0 Å². The van der Waals surface area contributed by atoms with Crippen LogP contribution in [0.2, 0.25) is 0 Å². The van der Waals surface area contributed by atoms with Crippen LogP contribution in [0.3, 0.4) is 0 Å². The van der Waals surface area contributed by atoms with Crippen molar-refractivity contribution < 1.29 is 4.84 Å². The van der Waals surface area contributed by atoms with E-state index in [1.54, 1.807) is 0 Å². The molecule has 3 heteroatoms. The molecule has 0 saturated carbocycles. The van der Waals surface area contributed by atoms with Gasteiger partial charge >= 0.3 is 0 Å². The Labute approximate surface area is 60.4 Å². The van der Waals surface area contributed by atoms with Crippen molar-refractivity contribution >= 4 is 0 Å². The van der Waals surface area contributed by atoms with Crippen LogP contribution >= 0.6 is 0 Å². The summed E-state index contributed by atoms with van der Waals surface area (Å²) in [5.74, 6) is 4.88. The highest BCUT2D eigenvalue weighted by molar-refractivity contribution is 5.09. The highest BCUT2D eigenvalue weighted by Gasteiger charge is 1.92. The van der Waals surface area contributed by atoms with E-state index in [0.717, 1.165) is 6.42 Å². The zero-order valence-electron chi connectivity index (χ0n) is 6.08. The molecule has 0 unspecified atom stereocenters. The van der Waals surface area contributed by atoms with Crippen molar-refractivity contribution in [3.63, 3.8) is 0 Å². The fourth-order valence-electron chi connectivity index (χ4n) is 0.886. The Morgan fingerprint density at radius 1 is 1.70 bits per heavy atom. The number of aromatic nitrogens is 1. The molecule has 0 aliphatic rings. The van der Waals surface area contributed by atoms with Gasteiger partial charge in [-0.2, -0.15) is 0 Å². The number of rotatable bonds is 3. The first-order valence-corrected chi connectivity index (χ1v) is 3.25. The summed E-state index contributed by atoms with van der Waals surface area (Å²) < 4.78 is 2.01. The molecule has 10 heavy (non-hydrogen) atoms. The Morgan fingerprint density at radius 2 is 2.50 bits per heavy atom.